The fourth-order valence-corrected chi connectivity index (χ4v) is 4.85. The summed E-state index contributed by atoms with van der Waals surface area (Å²) >= 11 is 0. The van der Waals surface area contributed by atoms with Crippen molar-refractivity contribution < 1.29 is 13.2 Å². The van der Waals surface area contributed by atoms with Crippen LogP contribution < -0.4 is 10.1 Å². The van der Waals surface area contributed by atoms with E-state index >= 15 is 0 Å². The molecular weight excluding hydrogens is 286 g/mol. The monoisotopic (exact) mass is 311 g/mol. The predicted octanol–water partition coefficient (Wildman–Crippen LogP) is 2.04. The number of nitrogens with one attached hydrogen (secondary N) is 1. The predicted molar refractivity (Wildman–Crippen MR) is 85.5 cm³/mol. The van der Waals surface area contributed by atoms with Crippen LogP contribution in [0, 0.1) is 5.92 Å². The molecule has 5 heteroatoms. The summed E-state index contributed by atoms with van der Waals surface area (Å²) in [7, 11) is 0.863. The van der Waals surface area contributed by atoms with Gasteiger partial charge in [-0.3, -0.25) is 0 Å². The molecule has 1 saturated heterocycles. The van der Waals surface area contributed by atoms with Crippen LogP contribution in [0.3, 0.4) is 0 Å². The van der Waals surface area contributed by atoms with E-state index in [1.54, 1.807) is 7.11 Å². The number of rotatable bonds is 7. The van der Waals surface area contributed by atoms with E-state index in [-0.39, 0.29) is 0 Å². The molecule has 118 valence electrons. The molecule has 4 nitrogen and oxygen atoms in total. The highest BCUT2D eigenvalue weighted by atomic mass is 32.2. The molecule has 1 aromatic rings. The average molecular weight is 311 g/mol. The maximum absolute atomic E-state index is 11.5. The third-order valence-corrected chi connectivity index (χ3v) is 6.13. The van der Waals surface area contributed by atoms with Crippen LogP contribution in [0.4, 0.5) is 0 Å². The van der Waals surface area contributed by atoms with Gasteiger partial charge in [-0.2, -0.15) is 0 Å². The Morgan fingerprint density at radius 3 is 2.57 bits per heavy atom. The van der Waals surface area contributed by atoms with Gasteiger partial charge in [0, 0.05) is 6.04 Å². The lowest BCUT2D eigenvalue weighted by atomic mass is 9.95. The number of benzene rings is 1. The second kappa shape index (κ2) is 7.27. The molecule has 1 fully saturated rings. The minimum absolute atomic E-state index is 0.323. The quantitative estimate of drug-likeness (QED) is 0.837. The third-order valence-electron chi connectivity index (χ3n) is 4.29. The first-order valence-electron chi connectivity index (χ1n) is 7.53. The lowest BCUT2D eigenvalue weighted by Gasteiger charge is -2.19. The molecule has 0 saturated carbocycles. The van der Waals surface area contributed by atoms with Crippen LogP contribution in [0.1, 0.15) is 24.8 Å². The molecule has 2 unspecified atom stereocenters. The van der Waals surface area contributed by atoms with Crippen LogP contribution in [-0.4, -0.2) is 40.1 Å². The summed E-state index contributed by atoms with van der Waals surface area (Å²) in [5.41, 5.74) is 1.29. The van der Waals surface area contributed by atoms with Crippen molar-refractivity contribution in [3.8, 4) is 5.75 Å². The SMILES string of the molecule is CNC(CCc1ccc(OC)cc1)CC1CCS(=O)(=O)C1. The zero-order chi connectivity index (χ0) is 15.3. The molecule has 1 N–H and O–H groups in total. The van der Waals surface area contributed by atoms with Crippen LogP contribution >= 0.6 is 0 Å². The molecular formula is C16H25NO3S. The first kappa shape index (κ1) is 16.3. The first-order chi connectivity index (χ1) is 10.0. The molecule has 2 rings (SSSR count). The highest BCUT2D eigenvalue weighted by Crippen LogP contribution is 2.24. The summed E-state index contributed by atoms with van der Waals surface area (Å²) in [5.74, 6) is 1.93. The Balaban J connectivity index is 1.82. The van der Waals surface area contributed by atoms with Gasteiger partial charge < -0.3 is 10.1 Å². The van der Waals surface area contributed by atoms with Gasteiger partial charge in [0.15, 0.2) is 9.84 Å². The maximum Gasteiger partial charge on any atom is 0.150 e. The first-order valence-corrected chi connectivity index (χ1v) is 9.35. The number of aryl methyl sites for hydroxylation is 1. The van der Waals surface area contributed by atoms with Crippen LogP contribution in [-0.2, 0) is 16.3 Å². The molecule has 1 aliphatic heterocycles. The Kier molecular flexibility index (Phi) is 5.65. The molecule has 0 aliphatic carbocycles. The molecule has 0 bridgehead atoms. The van der Waals surface area contributed by atoms with Gasteiger partial charge in [0.25, 0.3) is 0 Å². The average Bonchev–Trinajstić information content (AvgIpc) is 2.83. The Morgan fingerprint density at radius 2 is 2.05 bits per heavy atom. The summed E-state index contributed by atoms with van der Waals surface area (Å²) in [5, 5.41) is 3.33. The lowest BCUT2D eigenvalue weighted by Crippen LogP contribution is -2.28. The molecule has 21 heavy (non-hydrogen) atoms. The van der Waals surface area contributed by atoms with Crippen molar-refractivity contribution >= 4 is 9.84 Å². The highest BCUT2D eigenvalue weighted by Gasteiger charge is 2.29. The third kappa shape index (κ3) is 5.00. The van der Waals surface area contributed by atoms with E-state index in [1.165, 1.54) is 5.56 Å². The number of ether oxygens (including phenoxy) is 1. The minimum Gasteiger partial charge on any atom is -0.497 e. The second-order valence-electron chi connectivity index (χ2n) is 5.88. The second-order valence-corrected chi connectivity index (χ2v) is 8.11. The van der Waals surface area contributed by atoms with Gasteiger partial charge >= 0.3 is 0 Å². The molecule has 0 aromatic heterocycles. The number of hydrogen-bond donors (Lipinski definition) is 1. The van der Waals surface area contributed by atoms with E-state index in [2.05, 4.69) is 17.4 Å². The van der Waals surface area contributed by atoms with Gasteiger partial charge in [0.2, 0.25) is 0 Å². The summed E-state index contributed by atoms with van der Waals surface area (Å²) in [6, 6.07) is 8.52. The molecule has 1 aliphatic rings. The normalized spacial score (nSPS) is 22.1. The van der Waals surface area contributed by atoms with Crippen LogP contribution in [0.15, 0.2) is 24.3 Å². The summed E-state index contributed by atoms with van der Waals surface area (Å²) < 4.78 is 28.2. The standard InChI is InChI=1S/C16H25NO3S/c1-17-15(11-14-9-10-21(18,19)12-14)6-3-13-4-7-16(20-2)8-5-13/h4-5,7-8,14-15,17H,3,6,9-12H2,1-2H3. The summed E-state index contributed by atoms with van der Waals surface area (Å²) in [4.78, 5) is 0. The number of hydrogen-bond acceptors (Lipinski definition) is 4. The van der Waals surface area contributed by atoms with Crippen molar-refractivity contribution in [1.29, 1.82) is 0 Å². The van der Waals surface area contributed by atoms with Gasteiger partial charge in [-0.05, 0) is 56.3 Å². The topological polar surface area (TPSA) is 55.4 Å². The van der Waals surface area contributed by atoms with Crippen molar-refractivity contribution in [1.82, 2.24) is 5.32 Å². The van der Waals surface area contributed by atoms with Gasteiger partial charge in [-0.15, -0.1) is 0 Å². The Morgan fingerprint density at radius 1 is 1.33 bits per heavy atom. The highest BCUT2D eigenvalue weighted by molar-refractivity contribution is 7.91. The van der Waals surface area contributed by atoms with Gasteiger partial charge in [0.05, 0.1) is 18.6 Å². The van der Waals surface area contributed by atoms with Crippen LogP contribution in [0.25, 0.3) is 0 Å². The molecule has 0 spiro atoms. The fraction of sp³-hybridized carbons (Fsp3) is 0.625. The molecule has 0 amide bonds. The Hall–Kier alpha value is -1.07. The van der Waals surface area contributed by atoms with E-state index in [4.69, 9.17) is 4.74 Å². The summed E-state index contributed by atoms with van der Waals surface area (Å²) in [6.07, 6.45) is 3.79. The van der Waals surface area contributed by atoms with E-state index in [1.807, 2.05) is 19.2 Å². The largest absolute Gasteiger partial charge is 0.497 e. The van der Waals surface area contributed by atoms with Crippen LogP contribution in [0.2, 0.25) is 0 Å². The Bertz CT molecular complexity index is 539. The van der Waals surface area contributed by atoms with Crippen molar-refractivity contribution in [2.45, 2.75) is 31.7 Å². The van der Waals surface area contributed by atoms with Crippen molar-refractivity contribution in [3.63, 3.8) is 0 Å². The Labute approximate surface area is 127 Å². The molecule has 0 radical (unpaired) electrons. The van der Waals surface area contributed by atoms with Gasteiger partial charge in [-0.1, -0.05) is 12.1 Å². The lowest BCUT2D eigenvalue weighted by molar-refractivity contribution is 0.406. The van der Waals surface area contributed by atoms with E-state index in [9.17, 15) is 8.42 Å². The number of sulfone groups is 1. The van der Waals surface area contributed by atoms with Crippen LogP contribution in [0.5, 0.6) is 5.75 Å². The van der Waals surface area contributed by atoms with Gasteiger partial charge in [0.1, 0.15) is 5.75 Å². The van der Waals surface area contributed by atoms with Crippen molar-refractivity contribution in [2.75, 3.05) is 25.7 Å². The number of methoxy groups -OCH3 is 1. The van der Waals surface area contributed by atoms with E-state index in [0.717, 1.165) is 31.4 Å². The molecule has 2 atom stereocenters. The minimum atomic E-state index is -2.77. The summed E-state index contributed by atoms with van der Waals surface area (Å²) in [6.45, 7) is 0. The molecule has 1 heterocycles. The fourth-order valence-electron chi connectivity index (χ4n) is 2.97. The zero-order valence-corrected chi connectivity index (χ0v) is 13.7. The molecule has 1 aromatic carbocycles. The zero-order valence-electron chi connectivity index (χ0n) is 12.8. The van der Waals surface area contributed by atoms with E-state index in [0.29, 0.717) is 23.5 Å². The van der Waals surface area contributed by atoms with Crippen molar-refractivity contribution in [2.24, 2.45) is 5.92 Å². The van der Waals surface area contributed by atoms with E-state index < -0.39 is 9.84 Å². The van der Waals surface area contributed by atoms with Crippen molar-refractivity contribution in [3.05, 3.63) is 29.8 Å². The smallest absolute Gasteiger partial charge is 0.150 e. The van der Waals surface area contributed by atoms with Gasteiger partial charge in [-0.25, -0.2) is 8.42 Å². The maximum atomic E-state index is 11.5.